The first-order valence-corrected chi connectivity index (χ1v) is 15.0. The van der Waals surface area contributed by atoms with Gasteiger partial charge in [-0.25, -0.2) is 0 Å². The third-order valence-corrected chi connectivity index (χ3v) is 8.76. The number of hydrogen-bond acceptors (Lipinski definition) is 1. The van der Waals surface area contributed by atoms with E-state index in [4.69, 9.17) is 0 Å². The second-order valence-electron chi connectivity index (χ2n) is 11.3. The highest BCUT2D eigenvalue weighted by molar-refractivity contribution is 6.19. The SMILES string of the molecule is C=C(/C=C\C=C(/C)c1c2ccccc2c(-c2ccc3ccccc3c2)c2ccccc12)n1c2ccccc2c2cnccc21. The van der Waals surface area contributed by atoms with Crippen LogP contribution in [0.5, 0.6) is 0 Å². The van der Waals surface area contributed by atoms with Gasteiger partial charge in [-0.2, -0.15) is 0 Å². The van der Waals surface area contributed by atoms with Gasteiger partial charge in [0, 0.05) is 28.9 Å². The summed E-state index contributed by atoms with van der Waals surface area (Å²) >= 11 is 0. The Morgan fingerprint density at radius 2 is 1.25 bits per heavy atom. The van der Waals surface area contributed by atoms with Crippen LogP contribution in [0.25, 0.3) is 76.5 Å². The first kappa shape index (κ1) is 25.9. The van der Waals surface area contributed by atoms with Gasteiger partial charge in [0.25, 0.3) is 0 Å². The van der Waals surface area contributed by atoms with Gasteiger partial charge in [-0.05, 0) is 85.8 Å². The van der Waals surface area contributed by atoms with E-state index in [1.54, 1.807) is 0 Å². The molecule has 6 aromatic carbocycles. The number of benzene rings is 6. The molecule has 0 fully saturated rings. The molecular weight excluding hydrogens is 532 g/mol. The Morgan fingerprint density at radius 1 is 0.636 bits per heavy atom. The Kier molecular flexibility index (Phi) is 6.20. The Labute approximate surface area is 256 Å². The van der Waals surface area contributed by atoms with Gasteiger partial charge in [-0.3, -0.25) is 4.98 Å². The summed E-state index contributed by atoms with van der Waals surface area (Å²) in [4.78, 5) is 4.37. The second kappa shape index (κ2) is 10.5. The van der Waals surface area contributed by atoms with Crippen LogP contribution in [0.3, 0.4) is 0 Å². The van der Waals surface area contributed by atoms with Crippen LogP contribution in [0.15, 0.2) is 159 Å². The number of allylic oxidation sites excluding steroid dienone is 5. The third-order valence-electron chi connectivity index (χ3n) is 8.76. The summed E-state index contributed by atoms with van der Waals surface area (Å²) in [7, 11) is 0. The average molecular weight is 563 g/mol. The van der Waals surface area contributed by atoms with Crippen molar-refractivity contribution in [3.05, 3.63) is 164 Å². The zero-order chi connectivity index (χ0) is 29.6. The summed E-state index contributed by atoms with van der Waals surface area (Å²) < 4.78 is 2.22. The minimum atomic E-state index is 0.910. The predicted molar refractivity (Wildman–Crippen MR) is 190 cm³/mol. The van der Waals surface area contributed by atoms with E-state index in [-0.39, 0.29) is 0 Å². The Balaban J connectivity index is 1.26. The fourth-order valence-electron chi connectivity index (χ4n) is 6.80. The Bertz CT molecular complexity index is 2360. The maximum absolute atomic E-state index is 4.46. The lowest BCUT2D eigenvalue weighted by atomic mass is 9.85. The summed E-state index contributed by atoms with van der Waals surface area (Å²) in [6, 6.07) is 43.5. The van der Waals surface area contributed by atoms with Crippen molar-refractivity contribution in [3.63, 3.8) is 0 Å². The van der Waals surface area contributed by atoms with E-state index < -0.39 is 0 Å². The fourth-order valence-corrected chi connectivity index (χ4v) is 6.80. The topological polar surface area (TPSA) is 17.8 Å². The lowest BCUT2D eigenvalue weighted by Gasteiger charge is -2.18. The normalized spacial score (nSPS) is 12.3. The van der Waals surface area contributed by atoms with E-state index in [0.29, 0.717) is 0 Å². The summed E-state index contributed by atoms with van der Waals surface area (Å²) in [5.41, 5.74) is 8.14. The highest BCUT2D eigenvalue weighted by atomic mass is 15.0. The molecule has 2 nitrogen and oxygen atoms in total. The van der Waals surface area contributed by atoms with Crippen molar-refractivity contribution in [2.45, 2.75) is 6.92 Å². The van der Waals surface area contributed by atoms with Gasteiger partial charge in [-0.1, -0.05) is 122 Å². The van der Waals surface area contributed by atoms with E-state index in [1.807, 2.05) is 12.4 Å². The average Bonchev–Trinajstić information content (AvgIpc) is 3.41. The summed E-state index contributed by atoms with van der Waals surface area (Å²) in [6.45, 7) is 6.67. The molecule has 0 N–H and O–H groups in total. The standard InChI is InChI=1S/C42H30N2/c1-28(12-11-13-29(2)44-39-21-10-9-16-33(39)38-27-43-25-24-40(38)44)41-34-17-5-7-19-36(34)42(37-20-8-6-18-35(37)41)32-23-22-30-14-3-4-15-31(30)26-32/h3-27H,2H2,1H3/b13-11-,28-12+. The monoisotopic (exact) mass is 562 g/mol. The molecule has 0 unspecified atom stereocenters. The van der Waals surface area contributed by atoms with Crippen LogP contribution >= 0.6 is 0 Å². The number of para-hydroxylation sites is 1. The number of rotatable bonds is 5. The lowest BCUT2D eigenvalue weighted by molar-refractivity contribution is 1.23. The second-order valence-corrected chi connectivity index (χ2v) is 11.3. The largest absolute Gasteiger partial charge is 0.310 e. The number of aromatic nitrogens is 2. The van der Waals surface area contributed by atoms with Crippen LogP contribution in [-0.4, -0.2) is 9.55 Å². The van der Waals surface area contributed by atoms with E-state index in [1.165, 1.54) is 60.0 Å². The molecule has 0 saturated heterocycles. The lowest BCUT2D eigenvalue weighted by Crippen LogP contribution is -1.93. The van der Waals surface area contributed by atoms with Crippen LogP contribution in [-0.2, 0) is 0 Å². The molecular formula is C42H30N2. The maximum atomic E-state index is 4.46. The zero-order valence-corrected chi connectivity index (χ0v) is 24.5. The van der Waals surface area contributed by atoms with Crippen molar-refractivity contribution >= 4 is 65.4 Å². The molecule has 0 bridgehead atoms. The Morgan fingerprint density at radius 3 is 2.00 bits per heavy atom. The molecule has 0 amide bonds. The molecule has 0 aliphatic carbocycles. The third kappa shape index (κ3) is 4.15. The molecule has 0 spiro atoms. The number of hydrogen-bond donors (Lipinski definition) is 0. The smallest absolute Gasteiger partial charge is 0.0571 e. The summed E-state index contributed by atoms with van der Waals surface area (Å²) in [5, 5.41) is 9.85. The first-order chi connectivity index (χ1) is 21.7. The van der Waals surface area contributed by atoms with Gasteiger partial charge in [0.2, 0.25) is 0 Å². The number of nitrogens with zero attached hydrogens (tertiary/aromatic N) is 2. The Hall–Kier alpha value is -5.73. The molecule has 0 radical (unpaired) electrons. The number of fused-ring (bicyclic) bond motifs is 6. The fraction of sp³-hybridized carbons (Fsp3) is 0.0238. The first-order valence-electron chi connectivity index (χ1n) is 15.0. The van der Waals surface area contributed by atoms with E-state index in [2.05, 4.69) is 163 Å². The highest BCUT2D eigenvalue weighted by Crippen LogP contribution is 2.42. The van der Waals surface area contributed by atoms with Crippen LogP contribution < -0.4 is 0 Å². The summed E-state index contributed by atoms with van der Waals surface area (Å²) in [5.74, 6) is 0. The van der Waals surface area contributed by atoms with Crippen LogP contribution in [0.1, 0.15) is 12.5 Å². The summed E-state index contributed by atoms with van der Waals surface area (Å²) in [6.07, 6.45) is 10.2. The maximum Gasteiger partial charge on any atom is 0.0571 e. The molecule has 0 saturated carbocycles. The van der Waals surface area contributed by atoms with Crippen LogP contribution in [0, 0.1) is 0 Å². The molecule has 44 heavy (non-hydrogen) atoms. The molecule has 8 aromatic rings. The van der Waals surface area contributed by atoms with E-state index in [9.17, 15) is 0 Å². The van der Waals surface area contributed by atoms with Gasteiger partial charge >= 0.3 is 0 Å². The van der Waals surface area contributed by atoms with Crippen molar-refractivity contribution in [1.29, 1.82) is 0 Å². The van der Waals surface area contributed by atoms with Gasteiger partial charge in [-0.15, -0.1) is 0 Å². The van der Waals surface area contributed by atoms with E-state index in [0.717, 1.165) is 22.1 Å². The predicted octanol–water partition coefficient (Wildman–Crippen LogP) is 11.4. The highest BCUT2D eigenvalue weighted by Gasteiger charge is 2.16. The molecule has 2 aromatic heterocycles. The minimum absolute atomic E-state index is 0.910. The van der Waals surface area contributed by atoms with Gasteiger partial charge in [0.1, 0.15) is 0 Å². The molecule has 2 heterocycles. The number of pyridine rings is 1. The van der Waals surface area contributed by atoms with Crippen molar-refractivity contribution < 1.29 is 0 Å². The molecule has 208 valence electrons. The van der Waals surface area contributed by atoms with Crippen LogP contribution in [0.4, 0.5) is 0 Å². The van der Waals surface area contributed by atoms with Gasteiger partial charge in [0.05, 0.1) is 11.0 Å². The van der Waals surface area contributed by atoms with Gasteiger partial charge in [0.15, 0.2) is 0 Å². The molecule has 8 rings (SSSR count). The molecule has 0 aliphatic rings. The van der Waals surface area contributed by atoms with Crippen molar-refractivity contribution in [3.8, 4) is 11.1 Å². The van der Waals surface area contributed by atoms with Crippen LogP contribution in [0.2, 0.25) is 0 Å². The minimum Gasteiger partial charge on any atom is -0.310 e. The molecule has 2 heteroatoms. The van der Waals surface area contributed by atoms with Crippen molar-refractivity contribution in [2.75, 3.05) is 0 Å². The van der Waals surface area contributed by atoms with Gasteiger partial charge < -0.3 is 4.57 Å². The van der Waals surface area contributed by atoms with E-state index >= 15 is 0 Å². The molecule has 0 atom stereocenters. The molecule has 0 aliphatic heterocycles. The van der Waals surface area contributed by atoms with Crippen molar-refractivity contribution in [2.24, 2.45) is 0 Å². The quantitative estimate of drug-likeness (QED) is 0.151. The van der Waals surface area contributed by atoms with Crippen molar-refractivity contribution in [1.82, 2.24) is 9.55 Å². The zero-order valence-electron chi connectivity index (χ0n) is 24.5.